The molecule has 0 spiro atoms. The molecular weight excluding hydrogens is 192 g/mol. The molecule has 0 radical (unpaired) electrons. The summed E-state index contributed by atoms with van der Waals surface area (Å²) >= 11 is 0. The SMILES string of the molecule is CC.Cc1ccccc1C1=CC=CC=CC1. The van der Waals surface area contributed by atoms with Gasteiger partial charge in [-0.15, -0.1) is 0 Å². The van der Waals surface area contributed by atoms with Crippen LogP contribution in [0.2, 0.25) is 0 Å². The van der Waals surface area contributed by atoms with Crippen LogP contribution in [-0.4, -0.2) is 0 Å². The first kappa shape index (κ1) is 12.5. The molecule has 0 unspecified atom stereocenters. The number of hydrogen-bond donors (Lipinski definition) is 0. The van der Waals surface area contributed by atoms with Crippen molar-refractivity contribution >= 4 is 5.57 Å². The molecular formula is C16H20. The second-order valence-corrected chi connectivity index (χ2v) is 3.52. The van der Waals surface area contributed by atoms with Crippen LogP contribution in [0.5, 0.6) is 0 Å². The van der Waals surface area contributed by atoms with Crippen molar-refractivity contribution in [1.29, 1.82) is 0 Å². The zero-order chi connectivity index (χ0) is 11.8. The molecule has 0 atom stereocenters. The van der Waals surface area contributed by atoms with Crippen LogP contribution < -0.4 is 0 Å². The lowest BCUT2D eigenvalue weighted by Gasteiger charge is -2.07. The van der Waals surface area contributed by atoms with Crippen molar-refractivity contribution in [3.63, 3.8) is 0 Å². The van der Waals surface area contributed by atoms with Crippen LogP contribution in [-0.2, 0) is 0 Å². The highest BCUT2D eigenvalue weighted by Crippen LogP contribution is 2.23. The lowest BCUT2D eigenvalue weighted by molar-refractivity contribution is 1.34. The summed E-state index contributed by atoms with van der Waals surface area (Å²) in [5.41, 5.74) is 4.11. The second kappa shape index (κ2) is 6.84. The summed E-state index contributed by atoms with van der Waals surface area (Å²) in [5, 5.41) is 0. The number of allylic oxidation sites excluding steroid dienone is 6. The smallest absolute Gasteiger partial charge is 0.00883 e. The van der Waals surface area contributed by atoms with Crippen LogP contribution in [0.1, 0.15) is 31.4 Å². The van der Waals surface area contributed by atoms with E-state index in [1.165, 1.54) is 16.7 Å². The van der Waals surface area contributed by atoms with Gasteiger partial charge in [0.1, 0.15) is 0 Å². The molecule has 0 saturated carbocycles. The Bertz CT molecular complexity index is 406. The van der Waals surface area contributed by atoms with Gasteiger partial charge in [-0.2, -0.15) is 0 Å². The molecule has 0 saturated heterocycles. The molecule has 0 amide bonds. The molecule has 0 fully saturated rings. The van der Waals surface area contributed by atoms with Crippen molar-refractivity contribution in [1.82, 2.24) is 0 Å². The van der Waals surface area contributed by atoms with Gasteiger partial charge < -0.3 is 0 Å². The van der Waals surface area contributed by atoms with E-state index in [0.717, 1.165) is 6.42 Å². The lowest BCUT2D eigenvalue weighted by atomic mass is 9.98. The van der Waals surface area contributed by atoms with Gasteiger partial charge in [0.15, 0.2) is 0 Å². The molecule has 0 aromatic heterocycles. The molecule has 0 heterocycles. The van der Waals surface area contributed by atoms with Gasteiger partial charge in [0.25, 0.3) is 0 Å². The third-order valence-corrected chi connectivity index (χ3v) is 2.48. The predicted molar refractivity (Wildman–Crippen MR) is 73.4 cm³/mol. The van der Waals surface area contributed by atoms with Crippen molar-refractivity contribution in [2.75, 3.05) is 0 Å². The number of rotatable bonds is 1. The van der Waals surface area contributed by atoms with Crippen molar-refractivity contribution in [3.8, 4) is 0 Å². The van der Waals surface area contributed by atoms with E-state index in [0.29, 0.717) is 0 Å². The van der Waals surface area contributed by atoms with Gasteiger partial charge in [0.2, 0.25) is 0 Å². The molecule has 1 aromatic carbocycles. The molecule has 0 bridgehead atoms. The van der Waals surface area contributed by atoms with Gasteiger partial charge in [-0.3, -0.25) is 0 Å². The molecule has 0 nitrogen and oxygen atoms in total. The van der Waals surface area contributed by atoms with Crippen LogP contribution in [0.4, 0.5) is 0 Å². The summed E-state index contributed by atoms with van der Waals surface area (Å²) in [4.78, 5) is 0. The highest BCUT2D eigenvalue weighted by atomic mass is 14.1. The molecule has 1 aliphatic carbocycles. The van der Waals surface area contributed by atoms with Crippen LogP contribution in [0.15, 0.2) is 54.6 Å². The van der Waals surface area contributed by atoms with E-state index in [1.807, 2.05) is 13.8 Å². The Kier molecular flexibility index (Phi) is 5.35. The molecule has 0 heteroatoms. The van der Waals surface area contributed by atoms with Crippen LogP contribution in [0.3, 0.4) is 0 Å². The average Bonchev–Trinajstić information content (AvgIpc) is 2.61. The summed E-state index contributed by atoms with van der Waals surface area (Å²) in [5.74, 6) is 0. The highest BCUT2D eigenvalue weighted by molar-refractivity contribution is 5.71. The lowest BCUT2D eigenvalue weighted by Crippen LogP contribution is -1.86. The maximum Gasteiger partial charge on any atom is -0.00883 e. The van der Waals surface area contributed by atoms with Crippen LogP contribution >= 0.6 is 0 Å². The zero-order valence-corrected chi connectivity index (χ0v) is 10.4. The maximum absolute atomic E-state index is 2.20. The van der Waals surface area contributed by atoms with Crippen molar-refractivity contribution in [2.24, 2.45) is 0 Å². The molecule has 0 N–H and O–H groups in total. The van der Waals surface area contributed by atoms with E-state index in [-0.39, 0.29) is 0 Å². The zero-order valence-electron chi connectivity index (χ0n) is 10.4. The Hall–Kier alpha value is -1.56. The third kappa shape index (κ3) is 3.23. The fraction of sp³-hybridized carbons (Fsp3) is 0.250. The van der Waals surface area contributed by atoms with E-state index in [1.54, 1.807) is 0 Å². The maximum atomic E-state index is 2.20. The van der Waals surface area contributed by atoms with Crippen molar-refractivity contribution in [2.45, 2.75) is 27.2 Å². The summed E-state index contributed by atoms with van der Waals surface area (Å²) in [6.45, 7) is 6.16. The van der Waals surface area contributed by atoms with Gasteiger partial charge in [0, 0.05) is 0 Å². The molecule has 1 aliphatic rings. The molecule has 0 aliphatic heterocycles. The quantitative estimate of drug-likeness (QED) is 0.619. The Morgan fingerprint density at radius 2 is 1.69 bits per heavy atom. The number of benzene rings is 1. The fourth-order valence-electron chi connectivity index (χ4n) is 1.71. The molecule has 16 heavy (non-hydrogen) atoms. The van der Waals surface area contributed by atoms with Crippen molar-refractivity contribution < 1.29 is 0 Å². The topological polar surface area (TPSA) is 0 Å². The Morgan fingerprint density at radius 1 is 0.938 bits per heavy atom. The van der Waals surface area contributed by atoms with Gasteiger partial charge in [-0.1, -0.05) is 68.5 Å². The first-order valence-electron chi connectivity index (χ1n) is 5.96. The normalized spacial score (nSPS) is 13.6. The van der Waals surface area contributed by atoms with Gasteiger partial charge >= 0.3 is 0 Å². The summed E-state index contributed by atoms with van der Waals surface area (Å²) in [7, 11) is 0. The number of hydrogen-bond acceptors (Lipinski definition) is 0. The summed E-state index contributed by atoms with van der Waals surface area (Å²) in [6, 6.07) is 8.53. The number of aryl methyl sites for hydroxylation is 1. The van der Waals surface area contributed by atoms with Gasteiger partial charge in [0.05, 0.1) is 0 Å². The largest absolute Gasteiger partial charge is 0.0801 e. The van der Waals surface area contributed by atoms with E-state index < -0.39 is 0 Å². The first-order valence-corrected chi connectivity index (χ1v) is 5.96. The summed E-state index contributed by atoms with van der Waals surface area (Å²) < 4.78 is 0. The fourth-order valence-corrected chi connectivity index (χ4v) is 1.71. The van der Waals surface area contributed by atoms with Crippen LogP contribution in [0.25, 0.3) is 5.57 Å². The van der Waals surface area contributed by atoms with Crippen molar-refractivity contribution in [3.05, 3.63) is 65.8 Å². The Labute approximate surface area is 99.0 Å². The minimum Gasteiger partial charge on any atom is -0.0801 e. The van der Waals surface area contributed by atoms with Gasteiger partial charge in [-0.25, -0.2) is 0 Å². The third-order valence-electron chi connectivity index (χ3n) is 2.48. The van der Waals surface area contributed by atoms with E-state index in [9.17, 15) is 0 Å². The standard InChI is InChI=1S/C14H14.C2H6/c1-12-8-6-7-11-14(12)13-9-4-2-3-5-10-13;1-2/h2-9,11H,10H2,1H3;1-2H3. The molecule has 84 valence electrons. The first-order chi connectivity index (χ1) is 7.88. The van der Waals surface area contributed by atoms with E-state index >= 15 is 0 Å². The molecule has 2 rings (SSSR count). The van der Waals surface area contributed by atoms with E-state index in [2.05, 4.69) is 61.6 Å². The second-order valence-electron chi connectivity index (χ2n) is 3.52. The molecule has 1 aromatic rings. The van der Waals surface area contributed by atoms with Gasteiger partial charge in [-0.05, 0) is 30.0 Å². The highest BCUT2D eigenvalue weighted by Gasteiger charge is 2.02. The minimum atomic E-state index is 1.03. The Balaban J connectivity index is 0.000000606. The Morgan fingerprint density at radius 3 is 2.44 bits per heavy atom. The predicted octanol–water partition coefficient (Wildman–Crippen LogP) is 4.92. The average molecular weight is 212 g/mol. The van der Waals surface area contributed by atoms with E-state index in [4.69, 9.17) is 0 Å². The summed E-state index contributed by atoms with van der Waals surface area (Å²) in [6.07, 6.45) is 11.7. The monoisotopic (exact) mass is 212 g/mol. The van der Waals surface area contributed by atoms with Crippen LogP contribution in [0, 0.1) is 6.92 Å². The minimum absolute atomic E-state index is 1.03.